The predicted molar refractivity (Wildman–Crippen MR) is 77.5 cm³/mol. The van der Waals surface area contributed by atoms with Gasteiger partial charge in [-0.1, -0.05) is 17.8 Å². The Hall–Kier alpha value is -2.41. The van der Waals surface area contributed by atoms with Crippen molar-refractivity contribution in [1.29, 1.82) is 0 Å². The van der Waals surface area contributed by atoms with Crippen molar-refractivity contribution in [3.05, 3.63) is 42.9 Å². The molecule has 1 amide bonds. The number of fused-ring (bicyclic) bond motifs is 1. The number of benzene rings is 1. The standard InChI is InChI=1S/C13H11N5OS/c19-12(7-20-13-15-8-16-18-13)17-11-5-1-4-10-9(11)3-2-6-14-10/h1-6,8H,7H2,(H,17,19)(H,15,16,18). The summed E-state index contributed by atoms with van der Waals surface area (Å²) < 4.78 is 0. The number of aromatic nitrogens is 4. The van der Waals surface area contributed by atoms with Gasteiger partial charge in [-0.2, -0.15) is 5.10 Å². The first kappa shape index (κ1) is 12.6. The Balaban J connectivity index is 1.71. The molecule has 0 saturated carbocycles. The molecular weight excluding hydrogens is 274 g/mol. The lowest BCUT2D eigenvalue weighted by atomic mass is 10.2. The number of aromatic amines is 1. The van der Waals surface area contributed by atoms with Crippen molar-refractivity contribution in [2.75, 3.05) is 11.1 Å². The highest BCUT2D eigenvalue weighted by molar-refractivity contribution is 7.99. The van der Waals surface area contributed by atoms with Gasteiger partial charge in [0.25, 0.3) is 0 Å². The number of carbonyl (C=O) groups excluding carboxylic acids is 1. The van der Waals surface area contributed by atoms with Gasteiger partial charge >= 0.3 is 0 Å². The largest absolute Gasteiger partial charge is 0.325 e. The second-order valence-electron chi connectivity index (χ2n) is 4.00. The highest BCUT2D eigenvalue weighted by atomic mass is 32.2. The van der Waals surface area contributed by atoms with Crippen LogP contribution in [0.1, 0.15) is 0 Å². The van der Waals surface area contributed by atoms with E-state index in [1.807, 2.05) is 30.3 Å². The molecule has 6 nitrogen and oxygen atoms in total. The fourth-order valence-electron chi connectivity index (χ4n) is 1.80. The molecule has 0 fully saturated rings. The summed E-state index contributed by atoms with van der Waals surface area (Å²) in [7, 11) is 0. The Morgan fingerprint density at radius 1 is 1.25 bits per heavy atom. The monoisotopic (exact) mass is 285 g/mol. The average Bonchev–Trinajstić information content (AvgIpc) is 2.99. The molecule has 0 aliphatic heterocycles. The molecule has 1 aromatic carbocycles. The van der Waals surface area contributed by atoms with Gasteiger partial charge in [-0.3, -0.25) is 14.9 Å². The molecule has 0 atom stereocenters. The van der Waals surface area contributed by atoms with Gasteiger partial charge in [0.2, 0.25) is 5.91 Å². The van der Waals surface area contributed by atoms with Crippen LogP contribution in [0.5, 0.6) is 0 Å². The van der Waals surface area contributed by atoms with Crippen LogP contribution in [-0.2, 0) is 4.79 Å². The summed E-state index contributed by atoms with van der Waals surface area (Å²) >= 11 is 1.30. The summed E-state index contributed by atoms with van der Waals surface area (Å²) in [5.74, 6) is 0.175. The van der Waals surface area contributed by atoms with Crippen molar-refractivity contribution in [3.8, 4) is 0 Å². The maximum absolute atomic E-state index is 11.9. The Kier molecular flexibility index (Phi) is 3.60. The minimum Gasteiger partial charge on any atom is -0.325 e. The molecule has 2 aromatic heterocycles. The van der Waals surface area contributed by atoms with Gasteiger partial charge in [0, 0.05) is 11.6 Å². The molecule has 0 unspecified atom stereocenters. The predicted octanol–water partition coefficient (Wildman–Crippen LogP) is 2.08. The van der Waals surface area contributed by atoms with Gasteiger partial charge < -0.3 is 5.32 Å². The SMILES string of the molecule is O=C(CSc1ncn[nH]1)Nc1cccc2ncccc12. The van der Waals surface area contributed by atoms with E-state index in [1.165, 1.54) is 18.1 Å². The zero-order chi connectivity index (χ0) is 13.8. The summed E-state index contributed by atoms with van der Waals surface area (Å²) in [5, 5.41) is 10.9. The molecule has 0 aliphatic rings. The lowest BCUT2D eigenvalue weighted by molar-refractivity contribution is -0.113. The molecule has 2 N–H and O–H groups in total. The third-order valence-electron chi connectivity index (χ3n) is 2.65. The number of nitrogens with zero attached hydrogens (tertiary/aromatic N) is 3. The number of anilines is 1. The van der Waals surface area contributed by atoms with Crippen LogP contribution in [0.2, 0.25) is 0 Å². The first-order valence-corrected chi connectivity index (χ1v) is 6.93. The Bertz CT molecular complexity index is 723. The number of thioether (sulfide) groups is 1. The number of carbonyl (C=O) groups is 1. The van der Waals surface area contributed by atoms with Crippen LogP contribution in [0.15, 0.2) is 48.0 Å². The third kappa shape index (κ3) is 2.77. The maximum Gasteiger partial charge on any atom is 0.234 e. The quantitative estimate of drug-likeness (QED) is 0.717. The van der Waals surface area contributed by atoms with E-state index >= 15 is 0 Å². The summed E-state index contributed by atoms with van der Waals surface area (Å²) in [5.41, 5.74) is 1.62. The van der Waals surface area contributed by atoms with E-state index in [4.69, 9.17) is 0 Å². The average molecular weight is 285 g/mol. The van der Waals surface area contributed by atoms with Crippen LogP contribution in [0.25, 0.3) is 10.9 Å². The van der Waals surface area contributed by atoms with E-state index < -0.39 is 0 Å². The van der Waals surface area contributed by atoms with Gasteiger partial charge in [-0.05, 0) is 24.3 Å². The fourth-order valence-corrected chi connectivity index (χ4v) is 2.38. The molecule has 0 radical (unpaired) electrons. The van der Waals surface area contributed by atoms with Crippen molar-refractivity contribution in [2.45, 2.75) is 5.16 Å². The molecule has 3 aromatic rings. The third-order valence-corrected chi connectivity index (χ3v) is 3.53. The van der Waals surface area contributed by atoms with E-state index in [-0.39, 0.29) is 11.7 Å². The van der Waals surface area contributed by atoms with Crippen molar-refractivity contribution < 1.29 is 4.79 Å². The van der Waals surface area contributed by atoms with Crippen LogP contribution in [0.4, 0.5) is 5.69 Å². The molecule has 7 heteroatoms. The number of H-pyrrole nitrogens is 1. The summed E-state index contributed by atoms with van der Waals surface area (Å²) in [6, 6.07) is 9.42. The van der Waals surface area contributed by atoms with Crippen molar-refractivity contribution >= 4 is 34.3 Å². The Labute approximate surface area is 119 Å². The van der Waals surface area contributed by atoms with Crippen LogP contribution in [0, 0.1) is 0 Å². The molecule has 20 heavy (non-hydrogen) atoms. The van der Waals surface area contributed by atoms with Crippen molar-refractivity contribution in [2.24, 2.45) is 0 Å². The number of nitrogens with one attached hydrogen (secondary N) is 2. The zero-order valence-electron chi connectivity index (χ0n) is 10.4. The minimum absolute atomic E-state index is 0.0947. The van der Waals surface area contributed by atoms with E-state index in [2.05, 4.69) is 25.5 Å². The number of amides is 1. The number of pyridine rings is 1. The molecule has 0 aliphatic carbocycles. The first-order chi connectivity index (χ1) is 9.83. The number of rotatable bonds is 4. The lowest BCUT2D eigenvalue weighted by Crippen LogP contribution is -2.14. The van der Waals surface area contributed by atoms with E-state index in [9.17, 15) is 4.79 Å². The topological polar surface area (TPSA) is 83.6 Å². The molecule has 2 heterocycles. The summed E-state index contributed by atoms with van der Waals surface area (Å²) in [6.45, 7) is 0. The fraction of sp³-hybridized carbons (Fsp3) is 0.0769. The van der Waals surface area contributed by atoms with E-state index in [0.29, 0.717) is 5.16 Å². The molecular formula is C13H11N5OS. The second kappa shape index (κ2) is 5.70. The highest BCUT2D eigenvalue weighted by Crippen LogP contribution is 2.21. The Morgan fingerprint density at radius 2 is 2.20 bits per heavy atom. The van der Waals surface area contributed by atoms with Crippen LogP contribution in [-0.4, -0.2) is 31.8 Å². The summed E-state index contributed by atoms with van der Waals surface area (Å²) in [4.78, 5) is 20.1. The van der Waals surface area contributed by atoms with Crippen LogP contribution >= 0.6 is 11.8 Å². The minimum atomic E-state index is -0.0947. The molecule has 0 bridgehead atoms. The first-order valence-electron chi connectivity index (χ1n) is 5.95. The number of hydrogen-bond donors (Lipinski definition) is 2. The zero-order valence-corrected chi connectivity index (χ0v) is 11.2. The molecule has 100 valence electrons. The maximum atomic E-state index is 11.9. The Morgan fingerprint density at radius 3 is 3.05 bits per heavy atom. The van der Waals surface area contributed by atoms with Crippen LogP contribution in [0.3, 0.4) is 0 Å². The molecule has 0 spiro atoms. The van der Waals surface area contributed by atoms with Crippen molar-refractivity contribution in [1.82, 2.24) is 20.2 Å². The second-order valence-corrected chi connectivity index (χ2v) is 4.97. The van der Waals surface area contributed by atoms with Gasteiger partial charge in [0.15, 0.2) is 5.16 Å². The van der Waals surface area contributed by atoms with Crippen LogP contribution < -0.4 is 5.32 Å². The van der Waals surface area contributed by atoms with Crippen molar-refractivity contribution in [3.63, 3.8) is 0 Å². The van der Waals surface area contributed by atoms with E-state index in [0.717, 1.165) is 16.6 Å². The van der Waals surface area contributed by atoms with E-state index in [1.54, 1.807) is 6.20 Å². The molecule has 0 saturated heterocycles. The smallest absolute Gasteiger partial charge is 0.234 e. The van der Waals surface area contributed by atoms with Gasteiger partial charge in [0.05, 0.1) is 17.0 Å². The normalized spacial score (nSPS) is 10.6. The number of hydrogen-bond acceptors (Lipinski definition) is 5. The summed E-state index contributed by atoms with van der Waals surface area (Å²) in [6.07, 6.45) is 3.14. The van der Waals surface area contributed by atoms with Gasteiger partial charge in [-0.15, -0.1) is 0 Å². The molecule has 3 rings (SSSR count). The lowest BCUT2D eigenvalue weighted by Gasteiger charge is -2.07. The highest BCUT2D eigenvalue weighted by Gasteiger charge is 2.07. The van der Waals surface area contributed by atoms with Gasteiger partial charge in [0.1, 0.15) is 6.33 Å². The van der Waals surface area contributed by atoms with Gasteiger partial charge in [-0.25, -0.2) is 4.98 Å².